The number of carbonyl (C=O) groups is 2. The zero-order valence-corrected chi connectivity index (χ0v) is 18.7. The number of aromatic hydroxyl groups is 1. The molecular weight excluding hydrogens is 425 g/mol. The van der Waals surface area contributed by atoms with Crippen LogP contribution in [0.15, 0.2) is 42.6 Å². The van der Waals surface area contributed by atoms with Crippen LogP contribution in [0.1, 0.15) is 38.8 Å². The quantitative estimate of drug-likeness (QED) is 0.600. The number of likely N-dealkylation sites (N-methyl/N-ethyl adjacent to an activating group) is 1. The molecule has 0 spiro atoms. The van der Waals surface area contributed by atoms with E-state index < -0.39 is 5.97 Å². The average molecular weight is 451 g/mol. The summed E-state index contributed by atoms with van der Waals surface area (Å²) in [5.74, 6) is -1.60. The van der Waals surface area contributed by atoms with Crippen LogP contribution in [0.2, 0.25) is 0 Å². The van der Waals surface area contributed by atoms with Gasteiger partial charge in [-0.1, -0.05) is 19.1 Å². The molecule has 1 aliphatic rings. The second-order valence-corrected chi connectivity index (χ2v) is 8.08. The maximum Gasteiger partial charge on any atom is 0.341 e. The highest BCUT2D eigenvalue weighted by Crippen LogP contribution is 2.33. The van der Waals surface area contributed by atoms with Gasteiger partial charge in [0.05, 0.1) is 12.7 Å². The first-order valence-electron chi connectivity index (χ1n) is 10.9. The fourth-order valence-electron chi connectivity index (χ4n) is 4.13. The highest BCUT2D eigenvalue weighted by molar-refractivity contribution is 6.11. The lowest BCUT2D eigenvalue weighted by atomic mass is 9.98. The Morgan fingerprint density at radius 1 is 1.06 bits per heavy atom. The number of halogens is 1. The molecule has 0 atom stereocenters. The zero-order valence-electron chi connectivity index (χ0n) is 18.7. The van der Waals surface area contributed by atoms with Gasteiger partial charge in [-0.05, 0) is 48.4 Å². The number of phenolic OH excluding ortho intramolecular Hbond substituents is 1. The lowest BCUT2D eigenvalue weighted by molar-refractivity contribution is 0.0597. The number of phenols is 1. The Morgan fingerprint density at radius 3 is 2.39 bits per heavy atom. The molecule has 2 heterocycles. The first-order chi connectivity index (χ1) is 15.9. The number of rotatable bonds is 5. The van der Waals surface area contributed by atoms with E-state index in [-0.39, 0.29) is 28.6 Å². The Hall–Kier alpha value is -3.52. The van der Waals surface area contributed by atoms with Gasteiger partial charge >= 0.3 is 5.97 Å². The lowest BCUT2D eigenvalue weighted by Crippen LogP contribution is -2.48. The Bertz CT molecular complexity index is 1190. The number of ether oxygens (including phenoxy) is 1. The maximum atomic E-state index is 13.5. The maximum absolute atomic E-state index is 13.5. The summed E-state index contributed by atoms with van der Waals surface area (Å²) >= 11 is 0. The van der Waals surface area contributed by atoms with Crippen LogP contribution in [0, 0.1) is 5.82 Å². The second kappa shape index (κ2) is 9.54. The summed E-state index contributed by atoms with van der Waals surface area (Å²) in [6.07, 6.45) is 2.06. The highest BCUT2D eigenvalue weighted by Gasteiger charge is 2.27. The molecule has 1 aliphatic heterocycles. The van der Waals surface area contributed by atoms with Gasteiger partial charge in [-0.3, -0.25) is 9.78 Å². The van der Waals surface area contributed by atoms with Crippen molar-refractivity contribution in [2.75, 3.05) is 39.8 Å². The number of fused-ring (bicyclic) bond motifs is 1. The first-order valence-corrected chi connectivity index (χ1v) is 10.9. The Labute approximate surface area is 191 Å². The Kier molecular flexibility index (Phi) is 6.55. The van der Waals surface area contributed by atoms with Crippen molar-refractivity contribution in [1.82, 2.24) is 14.8 Å². The molecule has 8 heteroatoms. The van der Waals surface area contributed by atoms with E-state index in [0.29, 0.717) is 30.5 Å². The number of carbonyl (C=O) groups excluding carboxylic acids is 2. The molecule has 1 aromatic heterocycles. The fourth-order valence-corrected chi connectivity index (χ4v) is 4.13. The molecule has 172 valence electrons. The molecule has 1 amide bonds. The van der Waals surface area contributed by atoms with Crippen molar-refractivity contribution < 1.29 is 23.8 Å². The number of benzene rings is 2. The van der Waals surface area contributed by atoms with E-state index in [4.69, 9.17) is 4.74 Å². The van der Waals surface area contributed by atoms with E-state index in [2.05, 4.69) is 16.8 Å². The highest BCUT2D eigenvalue weighted by atomic mass is 19.1. The summed E-state index contributed by atoms with van der Waals surface area (Å²) in [6.45, 7) is 5.71. The SMILES string of the molecule is CCN1CCN(C(=O)c2cc(C(=O)OC)c(O)c3ncc(Cc4ccc(F)cc4)cc23)CC1. The summed E-state index contributed by atoms with van der Waals surface area (Å²) in [7, 11) is 1.22. The molecule has 0 unspecified atom stereocenters. The van der Waals surface area contributed by atoms with Crippen molar-refractivity contribution in [3.63, 3.8) is 0 Å². The number of hydrogen-bond donors (Lipinski definition) is 1. The fraction of sp³-hybridized carbons (Fsp3) is 0.320. The first kappa shape index (κ1) is 22.7. The number of aromatic nitrogens is 1. The van der Waals surface area contributed by atoms with Crippen LogP contribution in [0.3, 0.4) is 0 Å². The Morgan fingerprint density at radius 2 is 1.76 bits per heavy atom. The third kappa shape index (κ3) is 4.66. The summed E-state index contributed by atoms with van der Waals surface area (Å²) < 4.78 is 18.1. The summed E-state index contributed by atoms with van der Waals surface area (Å²) in [5.41, 5.74) is 2.04. The van der Waals surface area contributed by atoms with Crippen LogP contribution in [0.5, 0.6) is 5.75 Å². The molecule has 7 nitrogen and oxygen atoms in total. The molecule has 2 aromatic carbocycles. The number of hydrogen-bond acceptors (Lipinski definition) is 6. The molecule has 4 rings (SSSR count). The zero-order chi connectivity index (χ0) is 23.5. The van der Waals surface area contributed by atoms with E-state index >= 15 is 0 Å². The number of amides is 1. The van der Waals surface area contributed by atoms with E-state index in [1.165, 1.54) is 25.3 Å². The van der Waals surface area contributed by atoms with Gasteiger partial charge in [-0.25, -0.2) is 9.18 Å². The minimum absolute atomic E-state index is 0.0978. The molecule has 0 saturated carbocycles. The average Bonchev–Trinajstić information content (AvgIpc) is 2.85. The third-order valence-corrected chi connectivity index (χ3v) is 6.07. The topological polar surface area (TPSA) is 83.0 Å². The molecule has 1 N–H and O–H groups in total. The standard InChI is InChI=1S/C25H26FN3O4/c1-3-28-8-10-29(11-9-28)24(31)20-14-21(25(32)33-2)23(30)22-19(20)13-17(15-27-22)12-16-4-6-18(26)7-5-16/h4-7,13-15,30H,3,8-12H2,1-2H3. The molecule has 3 aromatic rings. The van der Waals surface area contributed by atoms with Crippen LogP contribution in [0.4, 0.5) is 4.39 Å². The second-order valence-electron chi connectivity index (χ2n) is 8.08. The normalized spacial score (nSPS) is 14.5. The van der Waals surface area contributed by atoms with Crippen molar-refractivity contribution in [3.8, 4) is 5.75 Å². The van der Waals surface area contributed by atoms with Gasteiger partial charge in [0.2, 0.25) is 0 Å². The van der Waals surface area contributed by atoms with Gasteiger partial charge < -0.3 is 19.6 Å². The molecule has 0 bridgehead atoms. The van der Waals surface area contributed by atoms with Crippen LogP contribution in [-0.2, 0) is 11.2 Å². The van der Waals surface area contributed by atoms with Crippen molar-refractivity contribution in [1.29, 1.82) is 0 Å². The Balaban J connectivity index is 1.77. The molecular formula is C25H26FN3O4. The number of esters is 1. The van der Waals surface area contributed by atoms with Gasteiger partial charge in [0.1, 0.15) is 16.9 Å². The van der Waals surface area contributed by atoms with Crippen LogP contribution in [0.25, 0.3) is 10.9 Å². The molecule has 0 aliphatic carbocycles. The lowest BCUT2D eigenvalue weighted by Gasteiger charge is -2.34. The van der Waals surface area contributed by atoms with Crippen molar-refractivity contribution in [2.24, 2.45) is 0 Å². The number of piperazine rings is 1. The van der Waals surface area contributed by atoms with Gasteiger partial charge in [0, 0.05) is 37.8 Å². The largest absolute Gasteiger partial charge is 0.505 e. The van der Waals surface area contributed by atoms with E-state index in [1.54, 1.807) is 29.3 Å². The van der Waals surface area contributed by atoms with E-state index in [1.807, 2.05) is 0 Å². The minimum atomic E-state index is -0.739. The van der Waals surface area contributed by atoms with Crippen molar-refractivity contribution in [2.45, 2.75) is 13.3 Å². The van der Waals surface area contributed by atoms with Crippen LogP contribution in [-0.4, -0.2) is 71.6 Å². The van der Waals surface area contributed by atoms with Crippen molar-refractivity contribution in [3.05, 3.63) is 70.7 Å². The van der Waals surface area contributed by atoms with Crippen LogP contribution >= 0.6 is 0 Å². The molecule has 1 saturated heterocycles. The van der Waals surface area contributed by atoms with E-state index in [9.17, 15) is 19.1 Å². The predicted octanol–water partition coefficient (Wildman–Crippen LogP) is 3.23. The van der Waals surface area contributed by atoms with E-state index in [0.717, 1.165) is 30.8 Å². The monoisotopic (exact) mass is 451 g/mol. The third-order valence-electron chi connectivity index (χ3n) is 6.07. The number of methoxy groups -OCH3 is 1. The number of nitrogens with zero attached hydrogens (tertiary/aromatic N) is 3. The number of pyridine rings is 1. The molecule has 1 fully saturated rings. The van der Waals surface area contributed by atoms with Gasteiger partial charge in [-0.2, -0.15) is 0 Å². The van der Waals surface area contributed by atoms with Crippen LogP contribution < -0.4 is 0 Å². The van der Waals surface area contributed by atoms with Gasteiger partial charge in [0.25, 0.3) is 5.91 Å². The van der Waals surface area contributed by atoms with Gasteiger partial charge in [0.15, 0.2) is 5.75 Å². The molecule has 33 heavy (non-hydrogen) atoms. The van der Waals surface area contributed by atoms with Gasteiger partial charge in [-0.15, -0.1) is 0 Å². The molecule has 0 radical (unpaired) electrons. The summed E-state index contributed by atoms with van der Waals surface area (Å²) in [5, 5.41) is 11.2. The summed E-state index contributed by atoms with van der Waals surface area (Å²) in [6, 6.07) is 9.35. The summed E-state index contributed by atoms with van der Waals surface area (Å²) in [4.78, 5) is 34.2. The minimum Gasteiger partial charge on any atom is -0.505 e. The smallest absolute Gasteiger partial charge is 0.341 e. The predicted molar refractivity (Wildman–Crippen MR) is 122 cm³/mol. The van der Waals surface area contributed by atoms with Crippen molar-refractivity contribution >= 4 is 22.8 Å².